The van der Waals surface area contributed by atoms with Crippen molar-refractivity contribution in [2.24, 2.45) is 5.92 Å². The predicted octanol–water partition coefficient (Wildman–Crippen LogP) is 0.521. The van der Waals surface area contributed by atoms with Crippen LogP contribution in [0.15, 0.2) is 6.07 Å². The van der Waals surface area contributed by atoms with Crippen molar-refractivity contribution in [3.63, 3.8) is 0 Å². The molecule has 2 fully saturated rings. The molecular formula is C15H26N4O2S. The maximum Gasteiger partial charge on any atom is 0.153 e. The minimum Gasteiger partial charge on any atom is -0.300 e. The van der Waals surface area contributed by atoms with Gasteiger partial charge in [0.05, 0.1) is 17.2 Å². The summed E-state index contributed by atoms with van der Waals surface area (Å²) >= 11 is 0. The summed E-state index contributed by atoms with van der Waals surface area (Å²) in [5.41, 5.74) is 2.18. The van der Waals surface area contributed by atoms with E-state index in [1.807, 2.05) is 7.05 Å². The van der Waals surface area contributed by atoms with Crippen molar-refractivity contribution < 1.29 is 8.42 Å². The molecule has 124 valence electrons. The Morgan fingerprint density at radius 3 is 2.77 bits per heavy atom. The first kappa shape index (κ1) is 16.0. The summed E-state index contributed by atoms with van der Waals surface area (Å²) in [6, 6.07) is 2.37. The van der Waals surface area contributed by atoms with Crippen LogP contribution in [0.5, 0.6) is 0 Å². The summed E-state index contributed by atoms with van der Waals surface area (Å²) in [5.74, 6) is 1.17. The molecular weight excluding hydrogens is 300 g/mol. The second-order valence-electron chi connectivity index (χ2n) is 7.15. The summed E-state index contributed by atoms with van der Waals surface area (Å²) in [6.45, 7) is 6.95. The zero-order valence-corrected chi connectivity index (χ0v) is 14.4. The van der Waals surface area contributed by atoms with Gasteiger partial charge in [-0.3, -0.25) is 14.9 Å². The monoisotopic (exact) mass is 326 g/mol. The highest BCUT2D eigenvalue weighted by Crippen LogP contribution is 2.27. The van der Waals surface area contributed by atoms with Crippen molar-refractivity contribution in [2.75, 3.05) is 31.6 Å². The lowest BCUT2D eigenvalue weighted by Crippen LogP contribution is -2.57. The lowest BCUT2D eigenvalue weighted by molar-refractivity contribution is 0.0564. The average Bonchev–Trinajstić information content (AvgIpc) is 2.96. The molecule has 0 saturated carbocycles. The predicted molar refractivity (Wildman–Crippen MR) is 86.4 cm³/mol. The fourth-order valence-corrected chi connectivity index (χ4v) is 5.71. The molecule has 0 aliphatic carbocycles. The van der Waals surface area contributed by atoms with E-state index in [1.165, 1.54) is 0 Å². The van der Waals surface area contributed by atoms with Crippen LogP contribution in [0, 0.1) is 5.92 Å². The van der Waals surface area contributed by atoms with E-state index < -0.39 is 9.84 Å². The smallest absolute Gasteiger partial charge is 0.153 e. The van der Waals surface area contributed by atoms with Gasteiger partial charge in [0.15, 0.2) is 9.84 Å². The number of aromatic amines is 1. The van der Waals surface area contributed by atoms with Gasteiger partial charge in [-0.2, -0.15) is 5.10 Å². The van der Waals surface area contributed by atoms with E-state index in [0.29, 0.717) is 11.7 Å². The molecule has 3 heterocycles. The maximum absolute atomic E-state index is 12.0. The summed E-state index contributed by atoms with van der Waals surface area (Å²) < 4.78 is 24.0. The summed E-state index contributed by atoms with van der Waals surface area (Å²) in [5, 5.41) is 7.49. The number of fused-ring (bicyclic) bond motifs is 1. The van der Waals surface area contributed by atoms with E-state index in [1.54, 1.807) is 0 Å². The first-order valence-corrected chi connectivity index (χ1v) is 9.84. The number of aromatic nitrogens is 2. The number of piperazine rings is 1. The number of sulfone groups is 1. The molecule has 0 unspecified atom stereocenters. The van der Waals surface area contributed by atoms with Crippen molar-refractivity contribution in [1.29, 1.82) is 0 Å². The first-order valence-electron chi connectivity index (χ1n) is 8.02. The van der Waals surface area contributed by atoms with Gasteiger partial charge in [0.2, 0.25) is 0 Å². The van der Waals surface area contributed by atoms with Crippen molar-refractivity contribution in [1.82, 2.24) is 20.0 Å². The van der Waals surface area contributed by atoms with E-state index in [4.69, 9.17) is 0 Å². The number of nitrogens with one attached hydrogen (secondary N) is 1. The second kappa shape index (κ2) is 5.94. The molecule has 0 amide bonds. The second-order valence-corrected chi connectivity index (χ2v) is 9.30. The SMILES string of the molecule is CC(C)Cc1cc(CN2CCN(C)[C@@H]3CS(=O)(=O)C[C@@H]32)[nH]n1. The van der Waals surface area contributed by atoms with E-state index in [2.05, 4.69) is 39.9 Å². The van der Waals surface area contributed by atoms with Gasteiger partial charge in [0.25, 0.3) is 0 Å². The van der Waals surface area contributed by atoms with Crippen LogP contribution in [-0.2, 0) is 22.8 Å². The quantitative estimate of drug-likeness (QED) is 0.874. The molecule has 6 nitrogen and oxygen atoms in total. The van der Waals surface area contributed by atoms with Gasteiger partial charge in [-0.25, -0.2) is 8.42 Å². The third kappa shape index (κ3) is 3.36. The Balaban J connectivity index is 1.71. The number of H-pyrrole nitrogens is 1. The van der Waals surface area contributed by atoms with Gasteiger partial charge < -0.3 is 0 Å². The van der Waals surface area contributed by atoms with Gasteiger partial charge >= 0.3 is 0 Å². The highest BCUT2D eigenvalue weighted by molar-refractivity contribution is 7.91. The Labute approximate surface area is 132 Å². The molecule has 1 aromatic rings. The molecule has 0 radical (unpaired) electrons. The third-order valence-corrected chi connectivity index (χ3v) is 6.44. The summed E-state index contributed by atoms with van der Waals surface area (Å²) in [4.78, 5) is 4.50. The van der Waals surface area contributed by atoms with Gasteiger partial charge in [0, 0.05) is 37.4 Å². The van der Waals surface area contributed by atoms with Gasteiger partial charge in [0.1, 0.15) is 0 Å². The van der Waals surface area contributed by atoms with Crippen molar-refractivity contribution in [2.45, 2.75) is 38.9 Å². The summed E-state index contributed by atoms with van der Waals surface area (Å²) in [6.07, 6.45) is 0.972. The fourth-order valence-electron chi connectivity index (χ4n) is 3.63. The Morgan fingerprint density at radius 2 is 2.05 bits per heavy atom. The number of likely N-dealkylation sites (N-methyl/N-ethyl adjacent to an activating group) is 1. The highest BCUT2D eigenvalue weighted by Gasteiger charge is 2.45. The number of nitrogens with zero attached hydrogens (tertiary/aromatic N) is 3. The summed E-state index contributed by atoms with van der Waals surface area (Å²) in [7, 11) is -0.872. The molecule has 7 heteroatoms. The van der Waals surface area contributed by atoms with Gasteiger partial charge in [-0.1, -0.05) is 13.8 Å². The molecule has 1 aromatic heterocycles. The molecule has 1 N–H and O–H groups in total. The minimum atomic E-state index is -2.91. The zero-order chi connectivity index (χ0) is 15.9. The van der Waals surface area contributed by atoms with Crippen LogP contribution in [-0.4, -0.2) is 72.1 Å². The van der Waals surface area contributed by atoms with Crippen LogP contribution in [0.3, 0.4) is 0 Å². The van der Waals surface area contributed by atoms with Crippen molar-refractivity contribution >= 4 is 9.84 Å². The molecule has 0 aromatic carbocycles. The van der Waals surface area contributed by atoms with Crippen LogP contribution in [0.2, 0.25) is 0 Å². The van der Waals surface area contributed by atoms with Gasteiger partial charge in [-0.15, -0.1) is 0 Å². The fraction of sp³-hybridized carbons (Fsp3) is 0.800. The Kier molecular flexibility index (Phi) is 4.31. The molecule has 2 saturated heterocycles. The topological polar surface area (TPSA) is 69.3 Å². The Morgan fingerprint density at radius 1 is 1.32 bits per heavy atom. The Hall–Kier alpha value is -0.920. The molecule has 2 atom stereocenters. The van der Waals surface area contributed by atoms with Crippen LogP contribution in [0.4, 0.5) is 0 Å². The normalized spacial score (nSPS) is 29.1. The molecule has 0 spiro atoms. The molecule has 22 heavy (non-hydrogen) atoms. The number of hydrogen-bond donors (Lipinski definition) is 1. The van der Waals surface area contributed by atoms with Crippen LogP contribution >= 0.6 is 0 Å². The van der Waals surface area contributed by atoms with Gasteiger partial charge in [-0.05, 0) is 25.5 Å². The number of hydrogen-bond acceptors (Lipinski definition) is 5. The molecule has 0 bridgehead atoms. The van der Waals surface area contributed by atoms with E-state index >= 15 is 0 Å². The lowest BCUT2D eigenvalue weighted by atomic mass is 10.0. The van der Waals surface area contributed by atoms with E-state index in [9.17, 15) is 8.42 Å². The third-order valence-electron chi connectivity index (χ3n) is 4.74. The van der Waals surface area contributed by atoms with Crippen LogP contribution in [0.25, 0.3) is 0 Å². The van der Waals surface area contributed by atoms with Crippen LogP contribution in [0.1, 0.15) is 25.2 Å². The highest BCUT2D eigenvalue weighted by atomic mass is 32.2. The van der Waals surface area contributed by atoms with E-state index in [-0.39, 0.29) is 17.8 Å². The Bertz CT molecular complexity index is 625. The average molecular weight is 326 g/mol. The first-order chi connectivity index (χ1) is 10.3. The molecule has 2 aliphatic rings. The van der Waals surface area contributed by atoms with Crippen LogP contribution < -0.4 is 0 Å². The number of rotatable bonds is 4. The molecule has 2 aliphatic heterocycles. The van der Waals surface area contributed by atoms with Crippen molar-refractivity contribution in [3.05, 3.63) is 17.5 Å². The molecule has 3 rings (SSSR count). The van der Waals surface area contributed by atoms with E-state index in [0.717, 1.165) is 37.4 Å². The minimum absolute atomic E-state index is 0.112. The largest absolute Gasteiger partial charge is 0.300 e. The zero-order valence-electron chi connectivity index (χ0n) is 13.6. The maximum atomic E-state index is 12.0. The van der Waals surface area contributed by atoms with Crippen molar-refractivity contribution in [3.8, 4) is 0 Å². The lowest BCUT2D eigenvalue weighted by Gasteiger charge is -2.42. The standard InChI is InChI=1S/C15H26N4O2S/c1-11(2)6-12-7-13(17-16-12)8-19-5-4-18(3)14-9-22(20,21)10-15(14)19/h7,11,14-15H,4-6,8-10H2,1-3H3,(H,16,17)/t14-,15+/m1/s1.